The highest BCUT2D eigenvalue weighted by Gasteiger charge is 2.11. The lowest BCUT2D eigenvalue weighted by molar-refractivity contribution is -0.114. The summed E-state index contributed by atoms with van der Waals surface area (Å²) in [7, 11) is 0. The van der Waals surface area contributed by atoms with E-state index in [1.54, 1.807) is 41.2 Å². The lowest BCUT2D eigenvalue weighted by Gasteiger charge is -2.10. The molecule has 0 aliphatic carbocycles. The van der Waals surface area contributed by atoms with Crippen molar-refractivity contribution in [2.45, 2.75) is 13.5 Å². The minimum Gasteiger partial charge on any atom is -0.326 e. The van der Waals surface area contributed by atoms with E-state index in [0.29, 0.717) is 23.6 Å². The van der Waals surface area contributed by atoms with Gasteiger partial charge in [-0.3, -0.25) is 9.59 Å². The second-order valence-electron chi connectivity index (χ2n) is 5.68. The van der Waals surface area contributed by atoms with Crippen molar-refractivity contribution in [2.75, 3.05) is 10.6 Å². The minimum atomic E-state index is -0.242. The molecule has 0 fully saturated rings. The number of anilines is 2. The highest BCUT2D eigenvalue weighted by atomic mass is 79.9. The van der Waals surface area contributed by atoms with Crippen molar-refractivity contribution in [3.05, 3.63) is 76.4 Å². The molecule has 0 aliphatic heterocycles. The number of halogens is 1. The maximum atomic E-state index is 12.5. The van der Waals surface area contributed by atoms with E-state index in [1.165, 1.54) is 6.92 Å². The Morgan fingerprint density at radius 1 is 1.04 bits per heavy atom. The summed E-state index contributed by atoms with van der Waals surface area (Å²) in [5.41, 5.74) is 2.20. The Hall–Kier alpha value is -2.93. The fourth-order valence-corrected chi connectivity index (χ4v) is 2.86. The molecule has 3 aromatic rings. The summed E-state index contributed by atoms with van der Waals surface area (Å²) in [6, 6.07) is 16.3. The molecule has 2 amide bonds. The molecular formula is C19H17BrN4O2. The molecule has 0 radical (unpaired) electrons. The molecule has 132 valence electrons. The average Bonchev–Trinajstić information content (AvgIpc) is 3.04. The Morgan fingerprint density at radius 2 is 1.77 bits per heavy atom. The molecule has 0 saturated carbocycles. The smallest absolute Gasteiger partial charge is 0.256 e. The van der Waals surface area contributed by atoms with Crippen LogP contribution in [0.15, 0.2) is 65.3 Å². The van der Waals surface area contributed by atoms with Crippen LogP contribution in [0.1, 0.15) is 22.8 Å². The van der Waals surface area contributed by atoms with Crippen molar-refractivity contribution >= 4 is 39.2 Å². The predicted molar refractivity (Wildman–Crippen MR) is 104 cm³/mol. The lowest BCUT2D eigenvalue weighted by Crippen LogP contribution is -2.16. The summed E-state index contributed by atoms with van der Waals surface area (Å²) in [6.07, 6.45) is 1.65. The third-order valence-electron chi connectivity index (χ3n) is 3.70. The molecule has 0 saturated heterocycles. The molecule has 0 bridgehead atoms. The van der Waals surface area contributed by atoms with Crippen LogP contribution in [0, 0.1) is 0 Å². The van der Waals surface area contributed by atoms with Crippen molar-refractivity contribution in [3.8, 4) is 0 Å². The van der Waals surface area contributed by atoms with Gasteiger partial charge in [-0.15, -0.1) is 0 Å². The summed E-state index contributed by atoms with van der Waals surface area (Å²) in [6.45, 7) is 1.97. The molecule has 1 aromatic heterocycles. The summed E-state index contributed by atoms with van der Waals surface area (Å²) in [4.78, 5) is 23.5. The van der Waals surface area contributed by atoms with Crippen LogP contribution in [-0.4, -0.2) is 21.6 Å². The van der Waals surface area contributed by atoms with E-state index in [4.69, 9.17) is 0 Å². The first kappa shape index (κ1) is 17.9. The SMILES string of the molecule is CC(=O)Nc1ccc(C(=O)Nc2ccnn2Cc2ccccc2Br)cc1. The van der Waals surface area contributed by atoms with E-state index in [-0.39, 0.29) is 11.8 Å². The quantitative estimate of drug-likeness (QED) is 0.666. The molecule has 26 heavy (non-hydrogen) atoms. The zero-order chi connectivity index (χ0) is 18.5. The second kappa shape index (κ2) is 7.97. The number of rotatable bonds is 5. The van der Waals surface area contributed by atoms with Crippen LogP contribution in [-0.2, 0) is 11.3 Å². The van der Waals surface area contributed by atoms with Gasteiger partial charge in [0, 0.05) is 28.7 Å². The number of hydrogen-bond donors (Lipinski definition) is 2. The van der Waals surface area contributed by atoms with Crippen LogP contribution in [0.25, 0.3) is 0 Å². The number of nitrogens with zero attached hydrogens (tertiary/aromatic N) is 2. The van der Waals surface area contributed by atoms with Gasteiger partial charge in [0.15, 0.2) is 0 Å². The maximum Gasteiger partial charge on any atom is 0.256 e. The van der Waals surface area contributed by atoms with Gasteiger partial charge in [-0.1, -0.05) is 34.1 Å². The van der Waals surface area contributed by atoms with Gasteiger partial charge in [-0.05, 0) is 35.9 Å². The summed E-state index contributed by atoms with van der Waals surface area (Å²) >= 11 is 3.52. The number of amides is 2. The highest BCUT2D eigenvalue weighted by Crippen LogP contribution is 2.19. The molecule has 0 atom stereocenters. The van der Waals surface area contributed by atoms with Crippen LogP contribution in [0.3, 0.4) is 0 Å². The molecule has 1 heterocycles. The normalized spacial score (nSPS) is 10.4. The summed E-state index contributed by atoms with van der Waals surface area (Å²) in [5.74, 6) is 0.211. The first-order chi connectivity index (χ1) is 12.5. The van der Waals surface area contributed by atoms with Crippen molar-refractivity contribution in [2.24, 2.45) is 0 Å². The number of nitrogens with one attached hydrogen (secondary N) is 2. The van der Waals surface area contributed by atoms with Crippen molar-refractivity contribution in [3.63, 3.8) is 0 Å². The lowest BCUT2D eigenvalue weighted by atomic mass is 10.2. The standard InChI is InChI=1S/C19H17BrN4O2/c1-13(25)22-16-8-6-14(7-9-16)19(26)23-18-10-11-21-24(18)12-15-4-2-3-5-17(15)20/h2-11H,12H2,1H3,(H,22,25)(H,23,26). The van der Waals surface area contributed by atoms with Crippen molar-refractivity contribution in [1.82, 2.24) is 9.78 Å². The molecule has 2 N–H and O–H groups in total. The number of carbonyl (C=O) groups excluding carboxylic acids is 2. The minimum absolute atomic E-state index is 0.154. The van der Waals surface area contributed by atoms with Gasteiger partial charge in [-0.25, -0.2) is 4.68 Å². The Bertz CT molecular complexity index is 935. The van der Waals surface area contributed by atoms with Crippen molar-refractivity contribution in [1.29, 1.82) is 0 Å². The molecular weight excluding hydrogens is 396 g/mol. The first-order valence-corrected chi connectivity index (χ1v) is 8.76. The third kappa shape index (κ3) is 4.37. The number of aromatic nitrogens is 2. The predicted octanol–water partition coefficient (Wildman–Crippen LogP) is 3.90. The number of hydrogen-bond acceptors (Lipinski definition) is 3. The third-order valence-corrected chi connectivity index (χ3v) is 4.48. The largest absolute Gasteiger partial charge is 0.326 e. The van der Waals surface area contributed by atoms with Crippen LogP contribution in [0.4, 0.5) is 11.5 Å². The molecule has 6 nitrogen and oxygen atoms in total. The summed E-state index contributed by atoms with van der Waals surface area (Å²) in [5, 5.41) is 9.81. The van der Waals surface area contributed by atoms with Crippen molar-refractivity contribution < 1.29 is 9.59 Å². The number of carbonyl (C=O) groups is 2. The zero-order valence-corrected chi connectivity index (χ0v) is 15.7. The molecule has 2 aromatic carbocycles. The van der Waals surface area contributed by atoms with Gasteiger partial charge in [0.1, 0.15) is 5.82 Å². The van der Waals surface area contributed by atoms with Gasteiger partial charge < -0.3 is 10.6 Å². The monoisotopic (exact) mass is 412 g/mol. The fourth-order valence-electron chi connectivity index (χ4n) is 2.45. The average molecular weight is 413 g/mol. The Balaban J connectivity index is 1.71. The highest BCUT2D eigenvalue weighted by molar-refractivity contribution is 9.10. The van der Waals surface area contributed by atoms with Gasteiger partial charge in [0.2, 0.25) is 5.91 Å². The van der Waals surface area contributed by atoms with E-state index in [9.17, 15) is 9.59 Å². The maximum absolute atomic E-state index is 12.5. The number of benzene rings is 2. The Kier molecular flexibility index (Phi) is 5.48. The van der Waals surface area contributed by atoms with Gasteiger partial charge >= 0.3 is 0 Å². The van der Waals surface area contributed by atoms with E-state index in [1.807, 2.05) is 24.3 Å². The molecule has 0 unspecified atom stereocenters. The topological polar surface area (TPSA) is 76.0 Å². The fraction of sp³-hybridized carbons (Fsp3) is 0.105. The first-order valence-electron chi connectivity index (χ1n) is 7.97. The van der Waals surface area contributed by atoms with E-state index in [0.717, 1.165) is 10.0 Å². The molecule has 3 rings (SSSR count). The molecule has 0 aliphatic rings. The van der Waals surface area contributed by atoms with Gasteiger partial charge in [0.25, 0.3) is 5.91 Å². The van der Waals surface area contributed by atoms with E-state index < -0.39 is 0 Å². The van der Waals surface area contributed by atoms with Crippen LogP contribution >= 0.6 is 15.9 Å². The Morgan fingerprint density at radius 3 is 2.46 bits per heavy atom. The van der Waals surface area contributed by atoms with E-state index >= 15 is 0 Å². The second-order valence-corrected chi connectivity index (χ2v) is 6.53. The van der Waals surface area contributed by atoms with Crippen LogP contribution in [0.2, 0.25) is 0 Å². The Labute approximate surface area is 159 Å². The zero-order valence-electron chi connectivity index (χ0n) is 14.1. The van der Waals surface area contributed by atoms with Gasteiger partial charge in [-0.2, -0.15) is 5.10 Å². The molecule has 0 spiro atoms. The van der Waals surface area contributed by atoms with Crippen LogP contribution in [0.5, 0.6) is 0 Å². The van der Waals surface area contributed by atoms with Crippen LogP contribution < -0.4 is 10.6 Å². The summed E-state index contributed by atoms with van der Waals surface area (Å²) < 4.78 is 2.71. The van der Waals surface area contributed by atoms with Gasteiger partial charge in [0.05, 0.1) is 12.7 Å². The molecule has 7 heteroatoms. The van der Waals surface area contributed by atoms with E-state index in [2.05, 4.69) is 31.7 Å².